The molecule has 1 saturated heterocycles. The van der Waals surface area contributed by atoms with Crippen LogP contribution in [-0.4, -0.2) is 35.6 Å². The summed E-state index contributed by atoms with van der Waals surface area (Å²) in [6.45, 7) is 7.35. The predicted molar refractivity (Wildman–Crippen MR) is 136 cm³/mol. The third-order valence-electron chi connectivity index (χ3n) is 5.53. The van der Waals surface area contributed by atoms with Crippen LogP contribution in [0, 0.1) is 0 Å². The summed E-state index contributed by atoms with van der Waals surface area (Å²) in [5.74, 6) is 1.10. The van der Waals surface area contributed by atoms with E-state index in [9.17, 15) is 9.59 Å². The molecule has 1 aliphatic heterocycles. The first-order chi connectivity index (χ1) is 16.8. The standard InChI is InChI=1S/C28H31N3O4/c1-28(2,3)35-27(33)23-14-13-22(34-21-10-6-4-7-11-21)18-24(23)30-26(32)20-12-15-25(29-19-20)31-16-8-5-9-17-31/h4,6-7,10-15,18-19H,5,8-9,16-17H2,1-3H3,(H,30,32). The highest BCUT2D eigenvalue weighted by atomic mass is 16.6. The van der Waals surface area contributed by atoms with E-state index < -0.39 is 11.6 Å². The minimum absolute atomic E-state index is 0.242. The van der Waals surface area contributed by atoms with Gasteiger partial charge in [0.25, 0.3) is 5.91 Å². The van der Waals surface area contributed by atoms with E-state index in [1.54, 1.807) is 51.2 Å². The van der Waals surface area contributed by atoms with Crippen LogP contribution in [0.15, 0.2) is 66.9 Å². The average molecular weight is 474 g/mol. The molecule has 1 fully saturated rings. The third kappa shape index (κ3) is 6.59. The van der Waals surface area contributed by atoms with Crippen LogP contribution in [0.4, 0.5) is 11.5 Å². The smallest absolute Gasteiger partial charge is 0.340 e. The number of nitrogens with zero attached hydrogens (tertiary/aromatic N) is 2. The van der Waals surface area contributed by atoms with Crippen LogP contribution in [0.2, 0.25) is 0 Å². The largest absolute Gasteiger partial charge is 0.457 e. The Kier molecular flexibility index (Phi) is 7.34. The van der Waals surface area contributed by atoms with Crippen LogP contribution < -0.4 is 15.0 Å². The monoisotopic (exact) mass is 473 g/mol. The van der Waals surface area contributed by atoms with E-state index in [1.165, 1.54) is 6.42 Å². The summed E-state index contributed by atoms with van der Waals surface area (Å²) in [4.78, 5) is 32.7. The summed E-state index contributed by atoms with van der Waals surface area (Å²) in [6, 6.07) is 17.8. The van der Waals surface area contributed by atoms with E-state index >= 15 is 0 Å². The maximum atomic E-state index is 13.1. The van der Waals surface area contributed by atoms with Gasteiger partial charge in [0.2, 0.25) is 0 Å². The summed E-state index contributed by atoms with van der Waals surface area (Å²) in [5, 5.41) is 2.85. The molecule has 0 saturated carbocycles. The van der Waals surface area contributed by atoms with Gasteiger partial charge in [0.1, 0.15) is 22.9 Å². The Morgan fingerprint density at radius 2 is 1.66 bits per heavy atom. The minimum atomic E-state index is -0.675. The molecule has 2 heterocycles. The molecule has 0 bridgehead atoms. The number of carbonyl (C=O) groups is 2. The fraction of sp³-hybridized carbons (Fsp3) is 0.321. The van der Waals surface area contributed by atoms with Crippen molar-refractivity contribution < 1.29 is 19.1 Å². The second-order valence-electron chi connectivity index (χ2n) is 9.53. The van der Waals surface area contributed by atoms with Gasteiger partial charge in [-0.3, -0.25) is 4.79 Å². The molecule has 0 aliphatic carbocycles. The first kappa shape index (κ1) is 24.3. The Hall–Kier alpha value is -3.87. The zero-order valence-corrected chi connectivity index (χ0v) is 20.4. The molecule has 0 radical (unpaired) electrons. The van der Waals surface area contributed by atoms with Crippen LogP contribution in [0.25, 0.3) is 0 Å². The van der Waals surface area contributed by atoms with Crippen LogP contribution in [0.3, 0.4) is 0 Å². The predicted octanol–water partition coefficient (Wildman–Crippen LogP) is 6.07. The molecule has 7 nitrogen and oxygen atoms in total. The molecule has 1 N–H and O–H groups in total. The average Bonchev–Trinajstić information content (AvgIpc) is 2.84. The molecule has 3 aromatic rings. The number of amides is 1. The van der Waals surface area contributed by atoms with Crippen LogP contribution in [0.1, 0.15) is 60.7 Å². The number of pyridine rings is 1. The molecule has 1 aliphatic rings. The van der Waals surface area contributed by atoms with E-state index in [2.05, 4.69) is 15.2 Å². The quantitative estimate of drug-likeness (QED) is 0.438. The Labute approximate surface area is 206 Å². The van der Waals surface area contributed by atoms with Crippen molar-refractivity contribution in [3.05, 3.63) is 78.0 Å². The van der Waals surface area contributed by atoms with Crippen LogP contribution in [-0.2, 0) is 4.74 Å². The van der Waals surface area contributed by atoms with E-state index in [1.807, 2.05) is 36.4 Å². The molecule has 7 heteroatoms. The molecular weight excluding hydrogens is 442 g/mol. The van der Waals surface area contributed by atoms with Crippen molar-refractivity contribution in [3.8, 4) is 11.5 Å². The lowest BCUT2D eigenvalue weighted by atomic mass is 10.1. The summed E-state index contributed by atoms with van der Waals surface area (Å²) in [5.41, 5.74) is 0.269. The molecule has 1 amide bonds. The van der Waals surface area contributed by atoms with Gasteiger partial charge in [-0.2, -0.15) is 0 Å². The fourth-order valence-corrected chi connectivity index (χ4v) is 3.85. The van der Waals surface area contributed by atoms with Crippen molar-refractivity contribution in [1.82, 2.24) is 4.98 Å². The lowest BCUT2D eigenvalue weighted by molar-refractivity contribution is 0.00707. The lowest BCUT2D eigenvalue weighted by Gasteiger charge is -2.27. The summed E-state index contributed by atoms with van der Waals surface area (Å²) in [6.07, 6.45) is 5.11. The number of nitrogens with one attached hydrogen (secondary N) is 1. The van der Waals surface area contributed by atoms with E-state index in [-0.39, 0.29) is 11.5 Å². The highest BCUT2D eigenvalue weighted by Crippen LogP contribution is 2.29. The van der Waals surface area contributed by atoms with Gasteiger partial charge in [-0.15, -0.1) is 0 Å². The van der Waals surface area contributed by atoms with Crippen LogP contribution >= 0.6 is 0 Å². The van der Waals surface area contributed by atoms with Gasteiger partial charge in [0.05, 0.1) is 16.8 Å². The van der Waals surface area contributed by atoms with Gasteiger partial charge in [-0.25, -0.2) is 9.78 Å². The number of rotatable bonds is 6. The second-order valence-corrected chi connectivity index (χ2v) is 9.53. The summed E-state index contributed by atoms with van der Waals surface area (Å²) < 4.78 is 11.4. The Bertz CT molecular complexity index is 1170. The molecule has 0 atom stereocenters. The van der Waals surface area contributed by atoms with Crippen molar-refractivity contribution >= 4 is 23.4 Å². The lowest BCUT2D eigenvalue weighted by Crippen LogP contribution is -2.30. The SMILES string of the molecule is CC(C)(C)OC(=O)c1ccc(Oc2ccccc2)cc1NC(=O)c1ccc(N2CCCCC2)nc1. The highest BCUT2D eigenvalue weighted by Gasteiger charge is 2.22. The van der Waals surface area contributed by atoms with E-state index in [4.69, 9.17) is 9.47 Å². The molecule has 0 spiro atoms. The third-order valence-corrected chi connectivity index (χ3v) is 5.53. The first-order valence-electron chi connectivity index (χ1n) is 11.9. The number of hydrogen-bond acceptors (Lipinski definition) is 6. The second kappa shape index (κ2) is 10.6. The zero-order chi connectivity index (χ0) is 24.8. The number of hydrogen-bond donors (Lipinski definition) is 1. The number of ether oxygens (including phenoxy) is 2. The van der Waals surface area contributed by atoms with Crippen molar-refractivity contribution in [2.45, 2.75) is 45.6 Å². The number of benzene rings is 2. The maximum absolute atomic E-state index is 13.1. The number of para-hydroxylation sites is 1. The Morgan fingerprint density at radius 3 is 2.31 bits per heavy atom. The molecule has 182 valence electrons. The Balaban J connectivity index is 1.56. The maximum Gasteiger partial charge on any atom is 0.340 e. The fourth-order valence-electron chi connectivity index (χ4n) is 3.85. The molecule has 0 unspecified atom stereocenters. The summed E-state index contributed by atoms with van der Waals surface area (Å²) in [7, 11) is 0. The Morgan fingerprint density at radius 1 is 0.914 bits per heavy atom. The van der Waals surface area contributed by atoms with Gasteiger partial charge in [0.15, 0.2) is 0 Å². The molecule has 1 aromatic heterocycles. The first-order valence-corrected chi connectivity index (χ1v) is 11.9. The van der Waals surface area contributed by atoms with Gasteiger partial charge in [-0.05, 0) is 76.4 Å². The van der Waals surface area contributed by atoms with Gasteiger partial charge >= 0.3 is 5.97 Å². The van der Waals surface area contributed by atoms with Crippen molar-refractivity contribution in [3.63, 3.8) is 0 Å². The van der Waals surface area contributed by atoms with Crippen molar-refractivity contribution in [2.75, 3.05) is 23.3 Å². The van der Waals surface area contributed by atoms with E-state index in [0.717, 1.165) is 31.7 Å². The number of anilines is 2. The number of carbonyl (C=O) groups excluding carboxylic acids is 2. The minimum Gasteiger partial charge on any atom is -0.457 e. The number of piperidine rings is 1. The highest BCUT2D eigenvalue weighted by molar-refractivity contribution is 6.08. The van der Waals surface area contributed by atoms with Crippen molar-refractivity contribution in [1.29, 1.82) is 0 Å². The molecule has 35 heavy (non-hydrogen) atoms. The van der Waals surface area contributed by atoms with Gasteiger partial charge < -0.3 is 19.7 Å². The molecule has 2 aromatic carbocycles. The zero-order valence-electron chi connectivity index (χ0n) is 20.4. The van der Waals surface area contributed by atoms with Crippen molar-refractivity contribution in [2.24, 2.45) is 0 Å². The number of aromatic nitrogens is 1. The number of esters is 1. The van der Waals surface area contributed by atoms with Gasteiger partial charge in [-0.1, -0.05) is 18.2 Å². The summed E-state index contributed by atoms with van der Waals surface area (Å²) >= 11 is 0. The van der Waals surface area contributed by atoms with Crippen LogP contribution in [0.5, 0.6) is 11.5 Å². The topological polar surface area (TPSA) is 80.8 Å². The van der Waals surface area contributed by atoms with Gasteiger partial charge in [0, 0.05) is 25.4 Å². The molecular formula is C28H31N3O4. The van der Waals surface area contributed by atoms with E-state index in [0.29, 0.717) is 22.7 Å². The molecule has 4 rings (SSSR count). The normalized spacial score (nSPS) is 13.7.